The first kappa shape index (κ1) is 18.9. The number of fused-ring (bicyclic) bond motifs is 1. The maximum absolute atomic E-state index is 13.4. The molecule has 6 heteroatoms. The van der Waals surface area contributed by atoms with Gasteiger partial charge < -0.3 is 10.2 Å². The van der Waals surface area contributed by atoms with Gasteiger partial charge in [0.15, 0.2) is 5.65 Å². The molecule has 1 saturated heterocycles. The normalized spacial score (nSPS) is 17.0. The number of aryl methyl sites for hydroxylation is 1. The quantitative estimate of drug-likeness (QED) is 0.589. The summed E-state index contributed by atoms with van der Waals surface area (Å²) in [5, 5.41) is 4.30. The lowest BCUT2D eigenvalue weighted by atomic mass is 10.0. The van der Waals surface area contributed by atoms with Gasteiger partial charge in [-0.15, -0.1) is 0 Å². The standard InChI is InChI=1S/C22H23BrN4O/c1-14-9-10-18-20(26-17-8-5-7-16(23)12-17)19(13-24-21(18)25-14)22(28)27-11-4-3-6-15(27)2/h5,7-10,12-13,15H,3-4,6,11H2,1-2H3,(H,24,25,26)/t15-/m1/s1. The van der Waals surface area contributed by atoms with E-state index in [4.69, 9.17) is 0 Å². The van der Waals surface area contributed by atoms with Gasteiger partial charge in [0, 0.05) is 40.0 Å². The molecule has 1 fully saturated rings. The molecule has 0 bridgehead atoms. The predicted octanol–water partition coefficient (Wildman–Crippen LogP) is 5.46. The van der Waals surface area contributed by atoms with Crippen LogP contribution in [0.25, 0.3) is 11.0 Å². The number of carbonyl (C=O) groups excluding carboxylic acids is 1. The van der Waals surface area contributed by atoms with Crippen LogP contribution in [-0.4, -0.2) is 33.4 Å². The third-order valence-electron chi connectivity index (χ3n) is 5.26. The number of rotatable bonds is 3. The summed E-state index contributed by atoms with van der Waals surface area (Å²) in [6.45, 7) is 4.86. The minimum Gasteiger partial charge on any atom is -0.354 e. The van der Waals surface area contributed by atoms with Gasteiger partial charge in [0.05, 0.1) is 11.3 Å². The number of hydrogen-bond acceptors (Lipinski definition) is 4. The van der Waals surface area contributed by atoms with Crippen LogP contribution in [0, 0.1) is 6.92 Å². The molecule has 2 aromatic heterocycles. The number of pyridine rings is 2. The smallest absolute Gasteiger partial charge is 0.257 e. The number of halogens is 1. The molecule has 4 rings (SSSR count). The Balaban J connectivity index is 1.83. The minimum atomic E-state index is 0.0275. The molecule has 1 amide bonds. The van der Waals surface area contributed by atoms with Crippen LogP contribution >= 0.6 is 15.9 Å². The number of amides is 1. The Kier molecular flexibility index (Phi) is 5.31. The van der Waals surface area contributed by atoms with Crippen LogP contribution in [0.5, 0.6) is 0 Å². The second-order valence-electron chi connectivity index (χ2n) is 7.35. The van der Waals surface area contributed by atoms with Crippen molar-refractivity contribution >= 4 is 44.2 Å². The average Bonchev–Trinajstić information content (AvgIpc) is 2.68. The number of benzene rings is 1. The summed E-state index contributed by atoms with van der Waals surface area (Å²) in [4.78, 5) is 24.4. The molecule has 1 aliphatic rings. The van der Waals surface area contributed by atoms with Gasteiger partial charge >= 0.3 is 0 Å². The number of aromatic nitrogens is 2. The highest BCUT2D eigenvalue weighted by atomic mass is 79.9. The molecule has 3 aromatic rings. The molecule has 1 aromatic carbocycles. The zero-order valence-electron chi connectivity index (χ0n) is 16.1. The van der Waals surface area contributed by atoms with E-state index in [1.54, 1.807) is 6.20 Å². The molecule has 0 radical (unpaired) electrons. The average molecular weight is 439 g/mol. The third kappa shape index (κ3) is 3.74. The Labute approximate surface area is 173 Å². The predicted molar refractivity (Wildman–Crippen MR) is 116 cm³/mol. The van der Waals surface area contributed by atoms with E-state index < -0.39 is 0 Å². The van der Waals surface area contributed by atoms with Gasteiger partial charge in [0.1, 0.15) is 0 Å². The van der Waals surface area contributed by atoms with E-state index in [9.17, 15) is 4.79 Å². The van der Waals surface area contributed by atoms with E-state index in [0.717, 1.165) is 46.3 Å². The minimum absolute atomic E-state index is 0.0275. The monoisotopic (exact) mass is 438 g/mol. The zero-order chi connectivity index (χ0) is 19.7. The van der Waals surface area contributed by atoms with Gasteiger partial charge in [-0.3, -0.25) is 4.79 Å². The maximum Gasteiger partial charge on any atom is 0.257 e. The Hall–Kier alpha value is -2.47. The van der Waals surface area contributed by atoms with E-state index in [1.165, 1.54) is 6.42 Å². The van der Waals surface area contributed by atoms with Crippen molar-refractivity contribution in [2.24, 2.45) is 0 Å². The highest BCUT2D eigenvalue weighted by Crippen LogP contribution is 2.31. The van der Waals surface area contributed by atoms with Crippen LogP contribution in [0.2, 0.25) is 0 Å². The SMILES string of the molecule is Cc1ccc2c(Nc3cccc(Br)c3)c(C(=O)N3CCCC[C@H]3C)cnc2n1. The number of piperidine rings is 1. The molecule has 1 atom stereocenters. The molecule has 5 nitrogen and oxygen atoms in total. The van der Waals surface area contributed by atoms with Crippen molar-refractivity contribution in [2.45, 2.75) is 39.2 Å². The molecule has 0 unspecified atom stereocenters. The fraction of sp³-hybridized carbons (Fsp3) is 0.318. The van der Waals surface area contributed by atoms with Crippen LogP contribution < -0.4 is 5.32 Å². The first-order valence-electron chi connectivity index (χ1n) is 9.63. The Morgan fingerprint density at radius 1 is 1.25 bits per heavy atom. The molecule has 144 valence electrons. The first-order valence-corrected chi connectivity index (χ1v) is 10.4. The van der Waals surface area contributed by atoms with Gasteiger partial charge in [-0.1, -0.05) is 22.0 Å². The van der Waals surface area contributed by atoms with Crippen LogP contribution in [-0.2, 0) is 0 Å². The Morgan fingerprint density at radius 2 is 2.11 bits per heavy atom. The highest BCUT2D eigenvalue weighted by Gasteiger charge is 2.27. The van der Waals surface area contributed by atoms with Crippen LogP contribution in [0.3, 0.4) is 0 Å². The van der Waals surface area contributed by atoms with Crippen molar-refractivity contribution < 1.29 is 4.79 Å². The van der Waals surface area contributed by atoms with Gasteiger partial charge in [-0.05, 0) is 63.4 Å². The fourth-order valence-electron chi connectivity index (χ4n) is 3.73. The van der Waals surface area contributed by atoms with Crippen molar-refractivity contribution in [2.75, 3.05) is 11.9 Å². The van der Waals surface area contributed by atoms with Crippen LogP contribution in [0.15, 0.2) is 47.1 Å². The summed E-state index contributed by atoms with van der Waals surface area (Å²) < 4.78 is 0.974. The summed E-state index contributed by atoms with van der Waals surface area (Å²) in [6.07, 6.45) is 4.93. The summed E-state index contributed by atoms with van der Waals surface area (Å²) in [7, 11) is 0. The molecule has 0 spiro atoms. The Morgan fingerprint density at radius 3 is 2.89 bits per heavy atom. The molecule has 28 heavy (non-hydrogen) atoms. The lowest BCUT2D eigenvalue weighted by molar-refractivity contribution is 0.0636. The Bertz CT molecular complexity index is 1040. The second kappa shape index (κ2) is 7.87. The number of nitrogens with zero attached hydrogens (tertiary/aromatic N) is 3. The van der Waals surface area contributed by atoms with E-state index in [0.29, 0.717) is 11.2 Å². The lowest BCUT2D eigenvalue weighted by Gasteiger charge is -2.34. The van der Waals surface area contributed by atoms with Crippen molar-refractivity contribution in [3.05, 3.63) is 58.3 Å². The molecular formula is C22H23BrN4O. The molecule has 3 heterocycles. The first-order chi connectivity index (χ1) is 13.5. The summed E-state index contributed by atoms with van der Waals surface area (Å²) in [6, 6.07) is 12.1. The second-order valence-corrected chi connectivity index (χ2v) is 8.27. The molecule has 1 aliphatic heterocycles. The summed E-state index contributed by atoms with van der Waals surface area (Å²) >= 11 is 3.51. The van der Waals surface area contributed by atoms with E-state index >= 15 is 0 Å². The van der Waals surface area contributed by atoms with Crippen molar-refractivity contribution in [3.8, 4) is 0 Å². The van der Waals surface area contributed by atoms with E-state index in [1.807, 2.05) is 48.2 Å². The number of nitrogens with one attached hydrogen (secondary N) is 1. The van der Waals surface area contributed by atoms with Crippen molar-refractivity contribution in [1.29, 1.82) is 0 Å². The van der Waals surface area contributed by atoms with Gasteiger partial charge in [-0.25, -0.2) is 9.97 Å². The van der Waals surface area contributed by atoms with E-state index in [-0.39, 0.29) is 11.9 Å². The summed E-state index contributed by atoms with van der Waals surface area (Å²) in [5.74, 6) is 0.0275. The largest absolute Gasteiger partial charge is 0.354 e. The van der Waals surface area contributed by atoms with Crippen molar-refractivity contribution in [3.63, 3.8) is 0 Å². The number of hydrogen-bond donors (Lipinski definition) is 1. The van der Waals surface area contributed by atoms with Crippen LogP contribution in [0.1, 0.15) is 42.2 Å². The number of anilines is 2. The number of likely N-dealkylation sites (tertiary alicyclic amines) is 1. The van der Waals surface area contributed by atoms with Crippen molar-refractivity contribution in [1.82, 2.24) is 14.9 Å². The molecular weight excluding hydrogens is 416 g/mol. The molecule has 1 N–H and O–H groups in total. The molecule has 0 aliphatic carbocycles. The van der Waals surface area contributed by atoms with Crippen LogP contribution in [0.4, 0.5) is 11.4 Å². The maximum atomic E-state index is 13.4. The van der Waals surface area contributed by atoms with Gasteiger partial charge in [-0.2, -0.15) is 0 Å². The van der Waals surface area contributed by atoms with Gasteiger partial charge in [0.2, 0.25) is 0 Å². The highest BCUT2D eigenvalue weighted by molar-refractivity contribution is 9.10. The van der Waals surface area contributed by atoms with E-state index in [2.05, 4.69) is 38.1 Å². The third-order valence-corrected chi connectivity index (χ3v) is 5.75. The lowest BCUT2D eigenvalue weighted by Crippen LogP contribution is -2.42. The fourth-order valence-corrected chi connectivity index (χ4v) is 4.13. The topological polar surface area (TPSA) is 58.1 Å². The number of carbonyl (C=O) groups is 1. The van der Waals surface area contributed by atoms with Gasteiger partial charge in [0.25, 0.3) is 5.91 Å². The summed E-state index contributed by atoms with van der Waals surface area (Å²) in [5.41, 5.74) is 3.80. The molecule has 0 saturated carbocycles. The zero-order valence-corrected chi connectivity index (χ0v) is 17.7.